The van der Waals surface area contributed by atoms with Gasteiger partial charge in [-0.1, -0.05) is 12.1 Å². The smallest absolute Gasteiger partial charge is 0.119 e. The Hall–Kier alpha value is -1.06. The third-order valence-corrected chi connectivity index (χ3v) is 2.44. The van der Waals surface area contributed by atoms with Crippen molar-refractivity contribution < 1.29 is 4.74 Å². The highest BCUT2D eigenvalue weighted by molar-refractivity contribution is 5.27. The van der Waals surface area contributed by atoms with Gasteiger partial charge in [0.05, 0.1) is 6.61 Å². The average molecular weight is 222 g/mol. The second-order valence-corrected chi connectivity index (χ2v) is 3.92. The molecule has 0 spiro atoms. The fraction of sp³-hybridized carbons (Fsp3) is 0.538. The first-order chi connectivity index (χ1) is 7.76. The van der Waals surface area contributed by atoms with Crippen molar-refractivity contribution >= 4 is 0 Å². The molecule has 3 nitrogen and oxygen atoms in total. The van der Waals surface area contributed by atoms with Crippen molar-refractivity contribution in [3.8, 4) is 5.75 Å². The summed E-state index contributed by atoms with van der Waals surface area (Å²) in [5, 5.41) is 3.14. The van der Waals surface area contributed by atoms with Crippen LogP contribution in [0, 0.1) is 0 Å². The maximum absolute atomic E-state index is 5.40. The number of hydrogen-bond acceptors (Lipinski definition) is 3. The largest absolute Gasteiger partial charge is 0.494 e. The molecule has 0 radical (unpaired) electrons. The van der Waals surface area contributed by atoms with Gasteiger partial charge in [0, 0.05) is 13.2 Å². The molecule has 0 unspecified atom stereocenters. The van der Waals surface area contributed by atoms with Crippen LogP contribution in [0.4, 0.5) is 0 Å². The first kappa shape index (κ1) is 13.0. The van der Waals surface area contributed by atoms with Crippen LogP contribution in [0.1, 0.15) is 12.5 Å². The zero-order chi connectivity index (χ0) is 11.8. The first-order valence-corrected chi connectivity index (χ1v) is 5.81. The molecule has 1 N–H and O–H groups in total. The zero-order valence-electron chi connectivity index (χ0n) is 10.5. The number of nitrogens with one attached hydrogen (secondary N) is 1. The van der Waals surface area contributed by atoms with Gasteiger partial charge >= 0.3 is 0 Å². The summed E-state index contributed by atoms with van der Waals surface area (Å²) in [5.41, 5.74) is 1.35. The second kappa shape index (κ2) is 7.25. The van der Waals surface area contributed by atoms with Crippen LogP contribution in [0.2, 0.25) is 0 Å². The molecule has 90 valence electrons. The van der Waals surface area contributed by atoms with Crippen LogP contribution in [-0.2, 0) is 6.42 Å². The van der Waals surface area contributed by atoms with E-state index in [0.717, 1.165) is 32.0 Å². The van der Waals surface area contributed by atoms with Gasteiger partial charge in [0.2, 0.25) is 0 Å². The Bertz CT molecular complexity index is 284. The van der Waals surface area contributed by atoms with Gasteiger partial charge in [-0.2, -0.15) is 0 Å². The molecule has 16 heavy (non-hydrogen) atoms. The average Bonchev–Trinajstić information content (AvgIpc) is 2.29. The highest BCUT2D eigenvalue weighted by Crippen LogP contribution is 2.12. The Morgan fingerprint density at radius 1 is 1.25 bits per heavy atom. The summed E-state index contributed by atoms with van der Waals surface area (Å²) in [6, 6.07) is 8.35. The van der Waals surface area contributed by atoms with E-state index in [1.807, 2.05) is 26.1 Å². The molecule has 0 saturated heterocycles. The van der Waals surface area contributed by atoms with Gasteiger partial charge in [-0.05, 0) is 45.1 Å². The fourth-order valence-corrected chi connectivity index (χ4v) is 1.59. The number of benzene rings is 1. The lowest BCUT2D eigenvalue weighted by Crippen LogP contribution is -2.30. The Morgan fingerprint density at radius 2 is 1.94 bits per heavy atom. The molecule has 0 fully saturated rings. The first-order valence-electron chi connectivity index (χ1n) is 5.81. The fourth-order valence-electron chi connectivity index (χ4n) is 1.59. The normalized spacial score (nSPS) is 10.8. The van der Waals surface area contributed by atoms with Gasteiger partial charge in [-0.15, -0.1) is 0 Å². The molecule has 1 rings (SSSR count). The zero-order valence-corrected chi connectivity index (χ0v) is 10.5. The van der Waals surface area contributed by atoms with Crippen LogP contribution in [0.15, 0.2) is 24.3 Å². The lowest BCUT2D eigenvalue weighted by molar-refractivity contribution is 0.321. The van der Waals surface area contributed by atoms with E-state index in [9.17, 15) is 0 Å². The summed E-state index contributed by atoms with van der Waals surface area (Å²) in [5.74, 6) is 0.954. The predicted octanol–water partition coefficient (Wildman–Crippen LogP) is 1.74. The monoisotopic (exact) mass is 222 g/mol. The van der Waals surface area contributed by atoms with E-state index in [1.165, 1.54) is 5.56 Å². The Labute approximate surface area is 98.4 Å². The lowest BCUT2D eigenvalue weighted by atomic mass is 10.1. The number of ether oxygens (including phenoxy) is 1. The Balaban J connectivity index is 2.37. The molecule has 0 amide bonds. The van der Waals surface area contributed by atoms with E-state index in [-0.39, 0.29) is 0 Å². The maximum Gasteiger partial charge on any atom is 0.119 e. The molecule has 0 aliphatic heterocycles. The lowest BCUT2D eigenvalue weighted by Gasteiger charge is -2.15. The predicted molar refractivity (Wildman–Crippen MR) is 67.9 cm³/mol. The van der Waals surface area contributed by atoms with Gasteiger partial charge < -0.3 is 10.1 Å². The summed E-state index contributed by atoms with van der Waals surface area (Å²) in [6.07, 6.45) is 1.07. The summed E-state index contributed by atoms with van der Waals surface area (Å²) in [4.78, 5) is 2.26. The van der Waals surface area contributed by atoms with E-state index in [0.29, 0.717) is 0 Å². The molecule has 0 heterocycles. The van der Waals surface area contributed by atoms with E-state index < -0.39 is 0 Å². The molecular formula is C13H22N2O. The van der Waals surface area contributed by atoms with E-state index >= 15 is 0 Å². The van der Waals surface area contributed by atoms with Crippen LogP contribution in [0.5, 0.6) is 5.75 Å². The summed E-state index contributed by atoms with van der Waals surface area (Å²) < 4.78 is 5.40. The van der Waals surface area contributed by atoms with Crippen molar-refractivity contribution in [1.82, 2.24) is 10.2 Å². The SMILES string of the molecule is CCOc1ccc(CCN(C)CNC)cc1. The molecule has 0 saturated carbocycles. The third-order valence-electron chi connectivity index (χ3n) is 2.44. The second-order valence-electron chi connectivity index (χ2n) is 3.92. The minimum atomic E-state index is 0.726. The molecular weight excluding hydrogens is 200 g/mol. The quantitative estimate of drug-likeness (QED) is 0.711. The Morgan fingerprint density at radius 3 is 2.50 bits per heavy atom. The summed E-state index contributed by atoms with van der Waals surface area (Å²) in [7, 11) is 4.08. The molecule has 0 aliphatic carbocycles. The topological polar surface area (TPSA) is 24.5 Å². The standard InChI is InChI=1S/C13H22N2O/c1-4-16-13-7-5-12(6-8-13)9-10-15(3)11-14-2/h5-8,14H,4,9-11H2,1-3H3. The summed E-state index contributed by atoms with van der Waals surface area (Å²) in [6.45, 7) is 4.72. The molecule has 0 atom stereocenters. The van der Waals surface area contributed by atoms with Crippen LogP contribution in [-0.4, -0.2) is 38.8 Å². The maximum atomic E-state index is 5.40. The van der Waals surface area contributed by atoms with Gasteiger partial charge in [-0.3, -0.25) is 4.90 Å². The number of likely N-dealkylation sites (N-methyl/N-ethyl adjacent to an activating group) is 1. The van der Waals surface area contributed by atoms with E-state index in [4.69, 9.17) is 4.74 Å². The number of hydrogen-bond donors (Lipinski definition) is 1. The van der Waals surface area contributed by atoms with Crippen LogP contribution in [0.3, 0.4) is 0 Å². The van der Waals surface area contributed by atoms with Gasteiger partial charge in [0.1, 0.15) is 5.75 Å². The van der Waals surface area contributed by atoms with E-state index in [1.54, 1.807) is 0 Å². The van der Waals surface area contributed by atoms with Crippen molar-refractivity contribution in [2.24, 2.45) is 0 Å². The molecule has 0 aliphatic rings. The Kier molecular flexibility index (Phi) is 5.90. The highest BCUT2D eigenvalue weighted by atomic mass is 16.5. The minimum absolute atomic E-state index is 0.726. The van der Waals surface area contributed by atoms with Gasteiger partial charge in [0.25, 0.3) is 0 Å². The van der Waals surface area contributed by atoms with Crippen LogP contribution in [0.25, 0.3) is 0 Å². The van der Waals surface area contributed by atoms with Gasteiger partial charge in [0.15, 0.2) is 0 Å². The van der Waals surface area contributed by atoms with Gasteiger partial charge in [-0.25, -0.2) is 0 Å². The molecule has 1 aromatic carbocycles. The minimum Gasteiger partial charge on any atom is -0.494 e. The third kappa shape index (κ3) is 4.64. The molecule has 1 aromatic rings. The van der Waals surface area contributed by atoms with E-state index in [2.05, 4.69) is 29.4 Å². The molecule has 0 bridgehead atoms. The van der Waals surface area contributed by atoms with Crippen molar-refractivity contribution in [3.05, 3.63) is 29.8 Å². The van der Waals surface area contributed by atoms with Crippen molar-refractivity contribution in [3.63, 3.8) is 0 Å². The van der Waals surface area contributed by atoms with Crippen LogP contribution >= 0.6 is 0 Å². The van der Waals surface area contributed by atoms with Crippen LogP contribution < -0.4 is 10.1 Å². The summed E-state index contributed by atoms with van der Waals surface area (Å²) >= 11 is 0. The van der Waals surface area contributed by atoms with Crippen molar-refractivity contribution in [1.29, 1.82) is 0 Å². The molecule has 3 heteroatoms. The highest BCUT2D eigenvalue weighted by Gasteiger charge is 1.98. The van der Waals surface area contributed by atoms with Crippen molar-refractivity contribution in [2.45, 2.75) is 13.3 Å². The number of rotatable bonds is 7. The number of nitrogens with zero attached hydrogens (tertiary/aromatic N) is 1. The molecule has 0 aromatic heterocycles. The van der Waals surface area contributed by atoms with Crippen molar-refractivity contribution in [2.75, 3.05) is 33.9 Å².